The van der Waals surface area contributed by atoms with Crippen LogP contribution >= 0.6 is 23.4 Å². The van der Waals surface area contributed by atoms with E-state index in [1.807, 2.05) is 6.26 Å². The summed E-state index contributed by atoms with van der Waals surface area (Å²) in [7, 11) is 0. The van der Waals surface area contributed by atoms with Crippen molar-refractivity contribution >= 4 is 47.0 Å². The first-order valence-corrected chi connectivity index (χ1v) is 8.92. The first kappa shape index (κ1) is 20.1. The van der Waals surface area contributed by atoms with Crippen molar-refractivity contribution in [1.82, 2.24) is 5.32 Å². The van der Waals surface area contributed by atoms with Gasteiger partial charge in [-0.15, -0.1) is 0 Å². The van der Waals surface area contributed by atoms with Crippen molar-refractivity contribution in [3.63, 3.8) is 0 Å². The standard InChI is InChI=1S/C15H20ClN3O4S/c1-9(13(20)18-11-5-3-4-10(16)8-11)23-14(21)12(6-7-24-2)19-15(17)22/h3-5,8-9,12H,6-7H2,1-2H3,(H,18,20)(H3,17,19,22)/t9-,12+/m0/s1. The van der Waals surface area contributed by atoms with E-state index in [4.69, 9.17) is 22.1 Å². The molecule has 0 bridgehead atoms. The zero-order valence-electron chi connectivity index (χ0n) is 13.4. The normalized spacial score (nSPS) is 12.8. The Balaban J connectivity index is 2.62. The van der Waals surface area contributed by atoms with Crippen molar-refractivity contribution in [2.24, 2.45) is 5.73 Å². The molecule has 7 nitrogen and oxygen atoms in total. The van der Waals surface area contributed by atoms with E-state index in [2.05, 4.69) is 10.6 Å². The van der Waals surface area contributed by atoms with E-state index in [0.29, 0.717) is 22.9 Å². The fourth-order valence-corrected chi connectivity index (χ4v) is 2.44. The van der Waals surface area contributed by atoms with Gasteiger partial charge < -0.3 is 21.1 Å². The molecule has 1 aromatic carbocycles. The molecule has 0 heterocycles. The molecule has 24 heavy (non-hydrogen) atoms. The Bertz CT molecular complexity index is 600. The van der Waals surface area contributed by atoms with Gasteiger partial charge in [-0.05, 0) is 43.6 Å². The summed E-state index contributed by atoms with van der Waals surface area (Å²) in [4.78, 5) is 35.1. The molecule has 0 saturated carbocycles. The highest BCUT2D eigenvalue weighted by molar-refractivity contribution is 7.98. The van der Waals surface area contributed by atoms with Gasteiger partial charge in [-0.1, -0.05) is 17.7 Å². The van der Waals surface area contributed by atoms with E-state index in [9.17, 15) is 14.4 Å². The maximum atomic E-state index is 12.1. The van der Waals surface area contributed by atoms with Crippen molar-refractivity contribution in [2.75, 3.05) is 17.3 Å². The lowest BCUT2D eigenvalue weighted by molar-refractivity contribution is -0.155. The molecule has 9 heteroatoms. The van der Waals surface area contributed by atoms with Crippen LogP contribution in [0, 0.1) is 0 Å². The van der Waals surface area contributed by atoms with E-state index in [1.54, 1.807) is 24.3 Å². The van der Waals surface area contributed by atoms with E-state index in [0.717, 1.165) is 0 Å². The van der Waals surface area contributed by atoms with Gasteiger partial charge in [-0.2, -0.15) is 11.8 Å². The fraction of sp³-hybridized carbons (Fsp3) is 0.400. The van der Waals surface area contributed by atoms with Crippen LogP contribution in [0.1, 0.15) is 13.3 Å². The van der Waals surface area contributed by atoms with Crippen molar-refractivity contribution in [1.29, 1.82) is 0 Å². The maximum absolute atomic E-state index is 12.1. The lowest BCUT2D eigenvalue weighted by Gasteiger charge is -2.19. The highest BCUT2D eigenvalue weighted by Gasteiger charge is 2.25. The number of nitrogens with two attached hydrogens (primary N) is 1. The number of carbonyl (C=O) groups excluding carboxylic acids is 3. The van der Waals surface area contributed by atoms with Crippen molar-refractivity contribution in [3.8, 4) is 0 Å². The van der Waals surface area contributed by atoms with Crippen LogP contribution < -0.4 is 16.4 Å². The average Bonchev–Trinajstić information content (AvgIpc) is 2.50. The number of nitrogens with one attached hydrogen (secondary N) is 2. The van der Waals surface area contributed by atoms with Gasteiger partial charge in [0.1, 0.15) is 6.04 Å². The molecule has 4 N–H and O–H groups in total. The Morgan fingerprint density at radius 3 is 2.67 bits per heavy atom. The van der Waals surface area contributed by atoms with E-state index < -0.39 is 30.1 Å². The zero-order valence-corrected chi connectivity index (χ0v) is 14.9. The lowest BCUT2D eigenvalue weighted by Crippen LogP contribution is -2.46. The zero-order chi connectivity index (χ0) is 18.1. The maximum Gasteiger partial charge on any atom is 0.329 e. The number of esters is 1. The second-order valence-corrected chi connectivity index (χ2v) is 6.34. The Hall–Kier alpha value is -1.93. The number of ether oxygens (including phenoxy) is 1. The smallest absolute Gasteiger partial charge is 0.329 e. The molecule has 132 valence electrons. The van der Waals surface area contributed by atoms with Crippen molar-refractivity contribution < 1.29 is 19.1 Å². The molecule has 2 atom stereocenters. The van der Waals surface area contributed by atoms with Crippen LogP contribution in [0.5, 0.6) is 0 Å². The third-order valence-corrected chi connectivity index (χ3v) is 3.85. The van der Waals surface area contributed by atoms with E-state index in [-0.39, 0.29) is 0 Å². The molecule has 0 unspecified atom stereocenters. The summed E-state index contributed by atoms with van der Waals surface area (Å²) in [6.45, 7) is 1.44. The molecule has 0 aromatic heterocycles. The van der Waals surface area contributed by atoms with Crippen LogP contribution in [-0.4, -0.2) is 42.1 Å². The number of urea groups is 1. The highest BCUT2D eigenvalue weighted by Crippen LogP contribution is 2.15. The van der Waals surface area contributed by atoms with Gasteiger partial charge in [0.15, 0.2) is 6.10 Å². The van der Waals surface area contributed by atoms with Crippen LogP contribution in [0.25, 0.3) is 0 Å². The number of thioether (sulfide) groups is 1. The number of carbonyl (C=O) groups is 3. The average molecular weight is 374 g/mol. The number of hydrogen-bond donors (Lipinski definition) is 3. The number of primary amides is 1. The Morgan fingerprint density at radius 1 is 1.38 bits per heavy atom. The summed E-state index contributed by atoms with van der Waals surface area (Å²) in [5.41, 5.74) is 5.54. The molecule has 0 radical (unpaired) electrons. The molecular formula is C15H20ClN3O4S. The lowest BCUT2D eigenvalue weighted by atomic mass is 10.2. The van der Waals surface area contributed by atoms with Crippen LogP contribution in [0.4, 0.5) is 10.5 Å². The summed E-state index contributed by atoms with van der Waals surface area (Å²) >= 11 is 7.35. The second kappa shape index (κ2) is 10.0. The molecule has 0 saturated heterocycles. The molecule has 0 fully saturated rings. The summed E-state index contributed by atoms with van der Waals surface area (Å²) in [6, 6.07) is 4.87. The number of rotatable bonds is 8. The van der Waals surface area contributed by atoms with Crippen LogP contribution in [0.15, 0.2) is 24.3 Å². The molecule has 1 rings (SSSR count). The highest BCUT2D eigenvalue weighted by atomic mass is 35.5. The van der Waals surface area contributed by atoms with Crippen molar-refractivity contribution in [2.45, 2.75) is 25.5 Å². The molecule has 0 aliphatic rings. The quantitative estimate of drug-likeness (QED) is 0.603. The molecule has 0 spiro atoms. The monoisotopic (exact) mass is 373 g/mol. The minimum atomic E-state index is -1.04. The third-order valence-electron chi connectivity index (χ3n) is 2.97. The number of hydrogen-bond acceptors (Lipinski definition) is 5. The molecule has 1 aromatic rings. The topological polar surface area (TPSA) is 111 Å². The predicted molar refractivity (Wildman–Crippen MR) is 95.1 cm³/mol. The summed E-state index contributed by atoms with van der Waals surface area (Å²) < 4.78 is 5.11. The van der Waals surface area contributed by atoms with Gasteiger partial charge >= 0.3 is 12.0 Å². The molecule has 3 amide bonds. The first-order chi connectivity index (χ1) is 11.3. The van der Waals surface area contributed by atoms with E-state index >= 15 is 0 Å². The Kier molecular flexibility index (Phi) is 8.42. The van der Waals surface area contributed by atoms with Gasteiger partial charge in [0, 0.05) is 10.7 Å². The van der Waals surface area contributed by atoms with Crippen LogP contribution in [-0.2, 0) is 14.3 Å². The summed E-state index contributed by atoms with van der Waals surface area (Å²) in [6.07, 6.45) is 1.18. The molecule has 0 aliphatic carbocycles. The predicted octanol–water partition coefficient (Wildman–Crippen LogP) is 2.00. The Morgan fingerprint density at radius 2 is 2.08 bits per heavy atom. The van der Waals surface area contributed by atoms with Gasteiger partial charge in [-0.25, -0.2) is 9.59 Å². The summed E-state index contributed by atoms with van der Waals surface area (Å²) in [5.74, 6) is -0.590. The largest absolute Gasteiger partial charge is 0.451 e. The van der Waals surface area contributed by atoms with Gasteiger partial charge in [0.05, 0.1) is 0 Å². The molecular weight excluding hydrogens is 354 g/mol. The van der Waals surface area contributed by atoms with Crippen LogP contribution in [0.3, 0.4) is 0 Å². The minimum absolute atomic E-state index is 0.353. The van der Waals surface area contributed by atoms with Crippen molar-refractivity contribution in [3.05, 3.63) is 29.3 Å². The van der Waals surface area contributed by atoms with Gasteiger partial charge in [0.2, 0.25) is 0 Å². The summed E-state index contributed by atoms with van der Waals surface area (Å²) in [5, 5.41) is 5.38. The number of anilines is 1. The van der Waals surface area contributed by atoms with Crippen LogP contribution in [0.2, 0.25) is 5.02 Å². The molecule has 0 aliphatic heterocycles. The number of benzene rings is 1. The SMILES string of the molecule is CSCC[C@@H](NC(N)=O)C(=O)O[C@@H](C)C(=O)Nc1cccc(Cl)c1. The van der Waals surface area contributed by atoms with Gasteiger partial charge in [-0.3, -0.25) is 4.79 Å². The third kappa shape index (κ3) is 7.10. The van der Waals surface area contributed by atoms with Gasteiger partial charge in [0.25, 0.3) is 5.91 Å². The number of halogens is 1. The number of amides is 3. The first-order valence-electron chi connectivity index (χ1n) is 7.15. The Labute approximate surface area is 149 Å². The second-order valence-electron chi connectivity index (χ2n) is 4.92. The fourth-order valence-electron chi connectivity index (χ4n) is 1.78. The minimum Gasteiger partial charge on any atom is -0.451 e. The van der Waals surface area contributed by atoms with E-state index in [1.165, 1.54) is 18.7 Å².